The quantitative estimate of drug-likeness (QED) is 0.599. The van der Waals surface area contributed by atoms with Crippen LogP contribution >= 0.6 is 24.0 Å². The Bertz CT molecular complexity index is 923. The maximum atomic E-state index is 12.7. The summed E-state index contributed by atoms with van der Waals surface area (Å²) in [6.07, 6.45) is 2.18. The SMILES string of the molecule is COc1ccc2ccccc2c1C=C1SC(=S)N(CCCC(=O)O)C1=O. The molecule has 0 saturated carbocycles. The highest BCUT2D eigenvalue weighted by Crippen LogP contribution is 2.36. The molecule has 2 aromatic rings. The van der Waals surface area contributed by atoms with Crippen molar-refractivity contribution in [1.29, 1.82) is 0 Å². The minimum atomic E-state index is -0.883. The van der Waals surface area contributed by atoms with Crippen LogP contribution in [-0.4, -0.2) is 39.9 Å². The molecule has 0 aliphatic carbocycles. The first-order chi connectivity index (χ1) is 12.5. The summed E-state index contributed by atoms with van der Waals surface area (Å²) >= 11 is 6.52. The first-order valence-corrected chi connectivity index (χ1v) is 9.26. The molecule has 0 radical (unpaired) electrons. The average Bonchev–Trinajstić information content (AvgIpc) is 2.89. The lowest BCUT2D eigenvalue weighted by molar-refractivity contribution is -0.137. The number of hydrogen-bond acceptors (Lipinski definition) is 5. The average molecular weight is 387 g/mol. The Morgan fingerprint density at radius 3 is 2.81 bits per heavy atom. The van der Waals surface area contributed by atoms with Gasteiger partial charge in [-0.2, -0.15) is 0 Å². The molecular formula is C19H17NO4S2. The molecule has 7 heteroatoms. The number of thiocarbonyl (C=S) groups is 1. The number of carbonyl (C=O) groups excluding carboxylic acids is 1. The van der Waals surface area contributed by atoms with E-state index in [1.165, 1.54) is 16.7 Å². The van der Waals surface area contributed by atoms with Gasteiger partial charge in [0.05, 0.1) is 12.0 Å². The Balaban J connectivity index is 1.93. The largest absolute Gasteiger partial charge is 0.496 e. The molecule has 0 atom stereocenters. The summed E-state index contributed by atoms with van der Waals surface area (Å²) in [5, 5.41) is 10.8. The van der Waals surface area contributed by atoms with Crippen LogP contribution in [-0.2, 0) is 9.59 Å². The normalized spacial score (nSPS) is 15.9. The number of methoxy groups -OCH3 is 1. The lowest BCUT2D eigenvalue weighted by atomic mass is 10.0. The predicted molar refractivity (Wildman–Crippen MR) is 107 cm³/mol. The van der Waals surface area contributed by atoms with Gasteiger partial charge in [-0.3, -0.25) is 14.5 Å². The number of carbonyl (C=O) groups is 2. The van der Waals surface area contributed by atoms with Crippen LogP contribution in [0.3, 0.4) is 0 Å². The van der Waals surface area contributed by atoms with Gasteiger partial charge >= 0.3 is 5.97 Å². The monoisotopic (exact) mass is 387 g/mol. The number of ether oxygens (including phenoxy) is 1. The smallest absolute Gasteiger partial charge is 0.303 e. The number of hydrogen-bond donors (Lipinski definition) is 1. The maximum absolute atomic E-state index is 12.7. The molecule has 1 aliphatic rings. The first-order valence-electron chi connectivity index (χ1n) is 8.04. The van der Waals surface area contributed by atoms with Gasteiger partial charge in [-0.05, 0) is 29.3 Å². The summed E-state index contributed by atoms with van der Waals surface area (Å²) in [5.41, 5.74) is 0.830. The summed E-state index contributed by atoms with van der Waals surface area (Å²) in [5.74, 6) is -0.397. The van der Waals surface area contributed by atoms with Crippen LogP contribution in [0, 0.1) is 0 Å². The fraction of sp³-hybridized carbons (Fsp3) is 0.211. The van der Waals surface area contributed by atoms with Crippen molar-refractivity contribution in [3.8, 4) is 5.75 Å². The van der Waals surface area contributed by atoms with Gasteiger partial charge in [-0.15, -0.1) is 0 Å². The first kappa shape index (κ1) is 18.4. The summed E-state index contributed by atoms with van der Waals surface area (Å²) in [7, 11) is 1.60. The lowest BCUT2D eigenvalue weighted by Gasteiger charge is -2.13. The summed E-state index contributed by atoms with van der Waals surface area (Å²) < 4.78 is 5.92. The summed E-state index contributed by atoms with van der Waals surface area (Å²) in [4.78, 5) is 25.3. The van der Waals surface area contributed by atoms with Crippen LogP contribution in [0.1, 0.15) is 18.4 Å². The Kier molecular flexibility index (Phi) is 5.58. The molecule has 1 N–H and O–H groups in total. The van der Waals surface area contributed by atoms with E-state index in [4.69, 9.17) is 22.1 Å². The van der Waals surface area contributed by atoms with Gasteiger partial charge < -0.3 is 9.84 Å². The number of amides is 1. The summed E-state index contributed by atoms with van der Waals surface area (Å²) in [6.45, 7) is 0.307. The fourth-order valence-electron chi connectivity index (χ4n) is 2.81. The molecule has 0 unspecified atom stereocenters. The van der Waals surface area contributed by atoms with Gasteiger partial charge in [0, 0.05) is 18.5 Å². The van der Waals surface area contributed by atoms with Crippen molar-refractivity contribution < 1.29 is 19.4 Å². The molecule has 2 aromatic carbocycles. The number of benzene rings is 2. The number of aliphatic carboxylic acids is 1. The summed E-state index contributed by atoms with van der Waals surface area (Å²) in [6, 6.07) is 11.7. The third kappa shape index (κ3) is 3.73. The van der Waals surface area contributed by atoms with Crippen LogP contribution in [0.5, 0.6) is 5.75 Å². The minimum Gasteiger partial charge on any atom is -0.496 e. The number of carboxylic acids is 1. The Morgan fingerprint density at radius 2 is 2.08 bits per heavy atom. The van der Waals surface area contributed by atoms with Gasteiger partial charge in [-0.1, -0.05) is 54.3 Å². The molecule has 1 fully saturated rings. The molecule has 1 saturated heterocycles. The lowest BCUT2D eigenvalue weighted by Crippen LogP contribution is -2.29. The maximum Gasteiger partial charge on any atom is 0.303 e. The van der Waals surface area contributed by atoms with Crippen LogP contribution in [0.4, 0.5) is 0 Å². The van der Waals surface area contributed by atoms with Crippen LogP contribution in [0.2, 0.25) is 0 Å². The topological polar surface area (TPSA) is 66.8 Å². The second-order valence-electron chi connectivity index (χ2n) is 5.73. The number of nitrogens with zero attached hydrogens (tertiary/aromatic N) is 1. The van der Waals surface area contributed by atoms with Gasteiger partial charge in [-0.25, -0.2) is 0 Å². The molecule has 1 amide bonds. The third-order valence-electron chi connectivity index (χ3n) is 4.07. The van der Waals surface area contributed by atoms with Crippen molar-refractivity contribution >= 4 is 57.0 Å². The molecular weight excluding hydrogens is 370 g/mol. The Morgan fingerprint density at radius 1 is 1.31 bits per heavy atom. The molecule has 0 spiro atoms. The van der Waals surface area contributed by atoms with E-state index in [-0.39, 0.29) is 12.3 Å². The van der Waals surface area contributed by atoms with E-state index in [2.05, 4.69) is 0 Å². The van der Waals surface area contributed by atoms with E-state index in [0.29, 0.717) is 27.9 Å². The van der Waals surface area contributed by atoms with E-state index in [1.54, 1.807) is 13.2 Å². The van der Waals surface area contributed by atoms with Gasteiger partial charge in [0.1, 0.15) is 10.1 Å². The molecule has 3 rings (SSSR count). The number of carboxylic acid groups (broad SMARTS) is 1. The van der Waals surface area contributed by atoms with Crippen LogP contribution < -0.4 is 4.74 Å². The van der Waals surface area contributed by atoms with E-state index in [0.717, 1.165) is 16.3 Å². The zero-order chi connectivity index (χ0) is 18.7. The zero-order valence-electron chi connectivity index (χ0n) is 14.1. The van der Waals surface area contributed by atoms with Crippen molar-refractivity contribution in [2.75, 3.05) is 13.7 Å². The molecule has 134 valence electrons. The third-order valence-corrected chi connectivity index (χ3v) is 5.45. The number of fused-ring (bicyclic) bond motifs is 1. The molecule has 1 aliphatic heterocycles. The Labute approximate surface area is 160 Å². The van der Waals surface area contributed by atoms with Crippen molar-refractivity contribution in [3.63, 3.8) is 0 Å². The number of rotatable bonds is 6. The Hall–Kier alpha value is -2.38. The molecule has 0 bridgehead atoms. The van der Waals surface area contributed by atoms with Crippen molar-refractivity contribution in [2.45, 2.75) is 12.8 Å². The van der Waals surface area contributed by atoms with Crippen molar-refractivity contribution in [3.05, 3.63) is 46.9 Å². The van der Waals surface area contributed by atoms with Gasteiger partial charge in [0.25, 0.3) is 5.91 Å². The molecule has 5 nitrogen and oxygen atoms in total. The second kappa shape index (κ2) is 7.88. The molecule has 26 heavy (non-hydrogen) atoms. The number of thioether (sulfide) groups is 1. The van der Waals surface area contributed by atoms with Crippen LogP contribution in [0.15, 0.2) is 41.3 Å². The standard InChI is InChI=1S/C19H17NO4S2/c1-24-15-9-8-12-5-2-3-6-13(12)14(15)11-16-18(23)20(19(25)26-16)10-4-7-17(21)22/h2-3,5-6,8-9,11H,4,7,10H2,1H3,(H,21,22). The van der Waals surface area contributed by atoms with E-state index in [1.807, 2.05) is 36.4 Å². The van der Waals surface area contributed by atoms with E-state index < -0.39 is 5.97 Å². The highest BCUT2D eigenvalue weighted by molar-refractivity contribution is 8.26. The fourth-order valence-corrected chi connectivity index (χ4v) is 4.11. The molecule has 0 aromatic heterocycles. The zero-order valence-corrected chi connectivity index (χ0v) is 15.7. The van der Waals surface area contributed by atoms with E-state index in [9.17, 15) is 9.59 Å². The van der Waals surface area contributed by atoms with Crippen molar-refractivity contribution in [1.82, 2.24) is 4.90 Å². The van der Waals surface area contributed by atoms with E-state index >= 15 is 0 Å². The van der Waals surface area contributed by atoms with Crippen LogP contribution in [0.25, 0.3) is 16.8 Å². The van der Waals surface area contributed by atoms with Crippen molar-refractivity contribution in [2.24, 2.45) is 0 Å². The highest BCUT2D eigenvalue weighted by atomic mass is 32.2. The minimum absolute atomic E-state index is 0.00720. The highest BCUT2D eigenvalue weighted by Gasteiger charge is 2.32. The second-order valence-corrected chi connectivity index (χ2v) is 7.41. The molecule has 1 heterocycles. The predicted octanol–water partition coefficient (Wildman–Crippen LogP) is 3.91. The van der Waals surface area contributed by atoms with Gasteiger partial charge in [0.15, 0.2) is 0 Å². The van der Waals surface area contributed by atoms with Gasteiger partial charge in [0.2, 0.25) is 0 Å².